The average molecular weight is 867 g/mol. The van der Waals surface area contributed by atoms with E-state index in [1.807, 2.05) is 0 Å². The van der Waals surface area contributed by atoms with Crippen LogP contribution in [0.4, 0.5) is 17.1 Å². The zero-order chi connectivity index (χ0) is 44.8. The molecule has 0 radical (unpaired) electrons. The summed E-state index contributed by atoms with van der Waals surface area (Å²) in [4.78, 5) is 2.43. The Balaban J connectivity index is 0.991. The van der Waals surface area contributed by atoms with Gasteiger partial charge in [-0.25, -0.2) is 0 Å². The van der Waals surface area contributed by atoms with Gasteiger partial charge in [-0.2, -0.15) is 0 Å². The SMILES string of the molecule is C1=CCC2C(=C1)c1cccc3c1C2(c1ccccc1)c1ccccc1C3(c1ccccc1)c1cccc(N(c2ccccc2)c2ccc(-n3c4ccccc4c4c5ccccc5ccc43)cc2)c1. The molecular formula is C66H46N2. The van der Waals surface area contributed by atoms with E-state index in [-0.39, 0.29) is 11.3 Å². The molecule has 68 heavy (non-hydrogen) atoms. The van der Waals surface area contributed by atoms with Gasteiger partial charge in [-0.3, -0.25) is 0 Å². The lowest BCUT2D eigenvalue weighted by molar-refractivity contribution is 0.454. The summed E-state index contributed by atoms with van der Waals surface area (Å²) in [6.45, 7) is 0. The normalized spacial score (nSPS) is 18.8. The number of allylic oxidation sites excluding steroid dienone is 4. The summed E-state index contributed by atoms with van der Waals surface area (Å²) in [5.74, 6) is 0.269. The Hall–Kier alpha value is -8.46. The Kier molecular flexibility index (Phi) is 8.57. The van der Waals surface area contributed by atoms with E-state index < -0.39 is 5.41 Å². The zero-order valence-corrected chi connectivity index (χ0v) is 37.5. The standard InChI is InChI=1S/C66H46N2/c1-4-21-46(22-5-1)65(58-34-15-16-35-59(58)66(47-23-6-2-7-24-47)57-33-14-12-30-54(57)55-32-19-36-60(65)64(55)66)48-25-18-28-52(44-48)67(49-26-8-3-9-27-49)50-39-41-51(42-40-50)68-61-37-17-13-31-56(61)63-53-29-11-10-20-45(53)38-43-62(63)68/h1-32,34-44,57H,33H2. The number of anilines is 3. The van der Waals surface area contributed by atoms with Crippen molar-refractivity contribution in [1.82, 2.24) is 4.57 Å². The van der Waals surface area contributed by atoms with E-state index in [1.165, 1.54) is 82.7 Å². The van der Waals surface area contributed by atoms with Gasteiger partial charge in [0.25, 0.3) is 0 Å². The van der Waals surface area contributed by atoms with Crippen LogP contribution in [0.25, 0.3) is 43.8 Å². The minimum absolute atomic E-state index is 0.269. The monoisotopic (exact) mass is 866 g/mol. The maximum atomic E-state index is 2.47. The van der Waals surface area contributed by atoms with Crippen molar-refractivity contribution in [3.05, 3.63) is 305 Å². The summed E-state index contributed by atoms with van der Waals surface area (Å²) >= 11 is 0. The molecule has 10 aromatic carbocycles. The van der Waals surface area contributed by atoms with E-state index >= 15 is 0 Å². The molecule has 320 valence electrons. The second kappa shape index (κ2) is 15.0. The van der Waals surface area contributed by atoms with Crippen molar-refractivity contribution >= 4 is 55.2 Å². The first kappa shape index (κ1) is 38.8. The van der Waals surface area contributed by atoms with Gasteiger partial charge in [-0.1, -0.05) is 200 Å². The van der Waals surface area contributed by atoms with Gasteiger partial charge in [-0.05, 0) is 128 Å². The molecule has 0 aliphatic heterocycles. The van der Waals surface area contributed by atoms with E-state index in [1.54, 1.807) is 0 Å². The van der Waals surface area contributed by atoms with Crippen molar-refractivity contribution in [1.29, 1.82) is 0 Å². The molecule has 3 atom stereocenters. The molecule has 0 N–H and O–H groups in total. The number of hydrogen-bond acceptors (Lipinski definition) is 1. The molecule has 0 bridgehead atoms. The summed E-state index contributed by atoms with van der Waals surface area (Å²) in [7, 11) is 0. The second-order valence-corrected chi connectivity index (χ2v) is 18.7. The van der Waals surface area contributed by atoms with Gasteiger partial charge in [0.2, 0.25) is 0 Å². The fourth-order valence-corrected chi connectivity index (χ4v) is 13.0. The van der Waals surface area contributed by atoms with E-state index in [9.17, 15) is 0 Å². The fourth-order valence-electron chi connectivity index (χ4n) is 13.0. The van der Waals surface area contributed by atoms with Crippen molar-refractivity contribution in [2.75, 3.05) is 4.90 Å². The van der Waals surface area contributed by atoms with Crippen LogP contribution in [0.5, 0.6) is 0 Å². The third-order valence-electron chi connectivity index (χ3n) is 15.5. The summed E-state index contributed by atoms with van der Waals surface area (Å²) in [5.41, 5.74) is 18.0. The summed E-state index contributed by atoms with van der Waals surface area (Å²) < 4.78 is 2.43. The molecular weight excluding hydrogens is 821 g/mol. The van der Waals surface area contributed by atoms with Crippen LogP contribution in [0.15, 0.2) is 261 Å². The predicted molar refractivity (Wildman–Crippen MR) is 283 cm³/mol. The molecule has 1 aromatic heterocycles. The Morgan fingerprint density at radius 3 is 1.87 bits per heavy atom. The molecule has 0 fully saturated rings. The maximum Gasteiger partial charge on any atom is 0.0708 e. The van der Waals surface area contributed by atoms with Crippen LogP contribution in [-0.4, -0.2) is 4.57 Å². The summed E-state index contributed by atoms with van der Waals surface area (Å²) in [6.07, 6.45) is 8.03. The number of rotatable bonds is 7. The van der Waals surface area contributed by atoms with Gasteiger partial charge in [0.1, 0.15) is 0 Å². The van der Waals surface area contributed by atoms with Crippen molar-refractivity contribution in [3.63, 3.8) is 0 Å². The highest BCUT2D eigenvalue weighted by atomic mass is 15.1. The Morgan fingerprint density at radius 1 is 0.441 bits per heavy atom. The van der Waals surface area contributed by atoms with Crippen molar-refractivity contribution in [2.45, 2.75) is 17.3 Å². The highest BCUT2D eigenvalue weighted by Crippen LogP contribution is 2.67. The third kappa shape index (κ3) is 5.29. The van der Waals surface area contributed by atoms with E-state index in [0.29, 0.717) is 0 Å². The summed E-state index contributed by atoms with van der Waals surface area (Å²) in [6, 6.07) is 90.8. The van der Waals surface area contributed by atoms with Crippen LogP contribution in [0, 0.1) is 5.92 Å². The third-order valence-corrected chi connectivity index (χ3v) is 15.5. The van der Waals surface area contributed by atoms with Crippen LogP contribution in [0.2, 0.25) is 0 Å². The predicted octanol–water partition coefficient (Wildman–Crippen LogP) is 16.4. The minimum Gasteiger partial charge on any atom is -0.310 e. The van der Waals surface area contributed by atoms with Gasteiger partial charge in [0.05, 0.1) is 21.9 Å². The van der Waals surface area contributed by atoms with E-state index in [0.717, 1.165) is 29.2 Å². The average Bonchev–Trinajstić information content (AvgIpc) is 3.92. The molecule has 3 unspecified atom stereocenters. The lowest BCUT2D eigenvalue weighted by Crippen LogP contribution is -2.46. The van der Waals surface area contributed by atoms with Crippen LogP contribution < -0.4 is 4.90 Å². The lowest BCUT2D eigenvalue weighted by Gasteiger charge is -2.51. The summed E-state index contributed by atoms with van der Waals surface area (Å²) in [5, 5.41) is 5.09. The van der Waals surface area contributed by atoms with Crippen molar-refractivity contribution < 1.29 is 0 Å². The Morgan fingerprint density at radius 2 is 1.06 bits per heavy atom. The molecule has 0 saturated carbocycles. The highest BCUT2D eigenvalue weighted by molar-refractivity contribution is 6.21. The van der Waals surface area contributed by atoms with Gasteiger partial charge in [0, 0.05) is 39.4 Å². The smallest absolute Gasteiger partial charge is 0.0708 e. The highest BCUT2D eigenvalue weighted by Gasteiger charge is 2.60. The molecule has 0 spiro atoms. The minimum atomic E-state index is -0.633. The van der Waals surface area contributed by atoms with Crippen molar-refractivity contribution in [3.8, 4) is 5.69 Å². The topological polar surface area (TPSA) is 8.17 Å². The van der Waals surface area contributed by atoms with Crippen LogP contribution in [0.1, 0.15) is 50.9 Å². The zero-order valence-electron chi connectivity index (χ0n) is 37.5. The largest absolute Gasteiger partial charge is 0.310 e. The fraction of sp³-hybridized carbons (Fsp3) is 0.0606. The number of nitrogens with zero attached hydrogens (tertiary/aromatic N) is 2. The number of fused-ring (bicyclic) bond motifs is 10. The number of hydrogen-bond donors (Lipinski definition) is 0. The molecule has 2 heteroatoms. The second-order valence-electron chi connectivity index (χ2n) is 18.7. The number of aromatic nitrogens is 1. The Labute approximate surface area is 397 Å². The molecule has 1 heterocycles. The Bertz CT molecular complexity index is 3820. The molecule has 2 nitrogen and oxygen atoms in total. The van der Waals surface area contributed by atoms with Gasteiger partial charge >= 0.3 is 0 Å². The van der Waals surface area contributed by atoms with Crippen molar-refractivity contribution in [2.24, 2.45) is 5.92 Å². The van der Waals surface area contributed by atoms with Gasteiger partial charge < -0.3 is 9.47 Å². The first-order valence-corrected chi connectivity index (χ1v) is 24.0. The lowest BCUT2D eigenvalue weighted by atomic mass is 9.50. The molecule has 3 aliphatic rings. The van der Waals surface area contributed by atoms with E-state index in [4.69, 9.17) is 0 Å². The number of benzene rings is 10. The quantitative estimate of drug-likeness (QED) is 0.155. The van der Waals surface area contributed by atoms with Crippen LogP contribution >= 0.6 is 0 Å². The van der Waals surface area contributed by atoms with Gasteiger partial charge in [-0.15, -0.1) is 0 Å². The van der Waals surface area contributed by atoms with Gasteiger partial charge in [0.15, 0.2) is 0 Å². The molecule has 14 rings (SSSR count). The van der Waals surface area contributed by atoms with Crippen LogP contribution in [0.3, 0.4) is 0 Å². The first-order valence-electron chi connectivity index (χ1n) is 24.0. The molecule has 0 amide bonds. The van der Waals surface area contributed by atoms with E-state index in [2.05, 4.69) is 270 Å². The maximum absolute atomic E-state index is 2.47. The molecule has 3 aliphatic carbocycles. The number of para-hydroxylation sites is 2. The first-order chi connectivity index (χ1) is 33.8. The van der Waals surface area contributed by atoms with Crippen LogP contribution in [-0.2, 0) is 10.8 Å². The molecule has 11 aromatic rings. The molecule has 0 saturated heterocycles.